The Labute approximate surface area is 157 Å². The number of benzene rings is 1. The first kappa shape index (κ1) is 20.7. The molecular weight excluding hydrogens is 352 g/mol. The molecule has 7 heteroatoms. The van der Waals surface area contributed by atoms with Gasteiger partial charge in [-0.3, -0.25) is 4.79 Å². The van der Waals surface area contributed by atoms with Gasteiger partial charge in [0.25, 0.3) is 5.91 Å². The minimum absolute atomic E-state index is 0.0538. The molecular formula is C19H30N2O4S. The normalized spacial score (nSPS) is 16.3. The van der Waals surface area contributed by atoms with Crippen molar-refractivity contribution < 1.29 is 17.9 Å². The van der Waals surface area contributed by atoms with Gasteiger partial charge in [-0.1, -0.05) is 26.7 Å². The molecule has 1 aromatic carbocycles. The van der Waals surface area contributed by atoms with E-state index in [0.29, 0.717) is 18.8 Å². The van der Waals surface area contributed by atoms with Crippen LogP contribution < -0.4 is 10.1 Å². The van der Waals surface area contributed by atoms with E-state index in [1.165, 1.54) is 23.5 Å². The number of carbonyl (C=O) groups excluding carboxylic acids is 1. The van der Waals surface area contributed by atoms with Gasteiger partial charge in [-0.2, -0.15) is 4.31 Å². The fourth-order valence-electron chi connectivity index (χ4n) is 3.21. The van der Waals surface area contributed by atoms with Crippen molar-refractivity contribution in [3.63, 3.8) is 0 Å². The van der Waals surface area contributed by atoms with Crippen molar-refractivity contribution >= 4 is 15.9 Å². The predicted molar refractivity (Wildman–Crippen MR) is 102 cm³/mol. The lowest BCUT2D eigenvalue weighted by Crippen LogP contribution is -2.35. The summed E-state index contributed by atoms with van der Waals surface area (Å²) in [5, 5.41) is 2.95. The highest BCUT2D eigenvalue weighted by molar-refractivity contribution is 7.89. The molecule has 0 bridgehead atoms. The molecule has 1 aromatic rings. The van der Waals surface area contributed by atoms with Crippen molar-refractivity contribution in [1.29, 1.82) is 0 Å². The predicted octanol–water partition coefficient (Wildman–Crippen LogP) is 3.18. The lowest BCUT2D eigenvalue weighted by Gasteiger charge is -2.21. The lowest BCUT2D eigenvalue weighted by molar-refractivity contribution is 0.0931. The van der Waals surface area contributed by atoms with Crippen molar-refractivity contribution in [1.82, 2.24) is 9.62 Å². The van der Waals surface area contributed by atoms with E-state index in [4.69, 9.17) is 4.74 Å². The summed E-state index contributed by atoms with van der Waals surface area (Å²) in [6.07, 6.45) is 5.48. The molecule has 26 heavy (non-hydrogen) atoms. The topological polar surface area (TPSA) is 75.7 Å². The third-order valence-corrected chi connectivity index (χ3v) is 6.83. The van der Waals surface area contributed by atoms with Crippen LogP contribution in [-0.2, 0) is 10.0 Å². The van der Waals surface area contributed by atoms with Gasteiger partial charge < -0.3 is 10.1 Å². The number of methoxy groups -OCH3 is 1. The zero-order valence-electron chi connectivity index (χ0n) is 16.0. The van der Waals surface area contributed by atoms with E-state index in [0.717, 1.165) is 38.5 Å². The number of nitrogens with zero attached hydrogens (tertiary/aromatic N) is 1. The van der Waals surface area contributed by atoms with Crippen molar-refractivity contribution in [2.45, 2.75) is 63.3 Å². The van der Waals surface area contributed by atoms with Crippen LogP contribution in [0.5, 0.6) is 5.75 Å². The highest BCUT2D eigenvalue weighted by Crippen LogP contribution is 2.26. The average Bonchev–Trinajstić information content (AvgIpc) is 2.95. The summed E-state index contributed by atoms with van der Waals surface area (Å²) >= 11 is 0. The Morgan fingerprint density at radius 3 is 2.31 bits per heavy atom. The number of nitrogens with one attached hydrogen (secondary N) is 1. The zero-order chi connectivity index (χ0) is 19.2. The summed E-state index contributed by atoms with van der Waals surface area (Å²) in [7, 11) is -2.13. The molecule has 1 N–H and O–H groups in total. The van der Waals surface area contributed by atoms with Crippen LogP contribution in [0.4, 0.5) is 0 Å². The Kier molecular flexibility index (Phi) is 7.46. The van der Waals surface area contributed by atoms with E-state index in [1.807, 2.05) is 13.8 Å². The van der Waals surface area contributed by atoms with Crippen LogP contribution in [0.25, 0.3) is 0 Å². The number of ether oxygens (including phenoxy) is 1. The molecule has 1 heterocycles. The minimum atomic E-state index is -3.61. The van der Waals surface area contributed by atoms with Gasteiger partial charge in [-0.15, -0.1) is 0 Å². The maximum absolute atomic E-state index is 13.0. The molecule has 0 radical (unpaired) electrons. The summed E-state index contributed by atoms with van der Waals surface area (Å²) in [6, 6.07) is 4.58. The van der Waals surface area contributed by atoms with Gasteiger partial charge >= 0.3 is 0 Å². The molecule has 1 aliphatic rings. The Balaban J connectivity index is 2.34. The quantitative estimate of drug-likeness (QED) is 0.786. The summed E-state index contributed by atoms with van der Waals surface area (Å²) in [5.41, 5.74) is 0.260. The fourth-order valence-corrected chi connectivity index (χ4v) is 4.76. The maximum atomic E-state index is 13.0. The number of sulfonamides is 1. The molecule has 0 aliphatic carbocycles. The molecule has 1 fully saturated rings. The van der Waals surface area contributed by atoms with Crippen LogP contribution >= 0.6 is 0 Å². The Bertz CT molecular complexity index is 706. The lowest BCUT2D eigenvalue weighted by atomic mass is 10.1. The van der Waals surface area contributed by atoms with Crippen LogP contribution in [0.1, 0.15) is 62.7 Å². The molecule has 0 aromatic heterocycles. The van der Waals surface area contributed by atoms with Crippen molar-refractivity contribution in [2.24, 2.45) is 0 Å². The van der Waals surface area contributed by atoms with Gasteiger partial charge in [-0.05, 0) is 43.9 Å². The average molecular weight is 383 g/mol. The summed E-state index contributed by atoms with van der Waals surface area (Å²) in [4.78, 5) is 12.8. The van der Waals surface area contributed by atoms with E-state index >= 15 is 0 Å². The number of hydrogen-bond donors (Lipinski definition) is 1. The molecule has 6 nitrogen and oxygen atoms in total. The van der Waals surface area contributed by atoms with Crippen molar-refractivity contribution in [3.8, 4) is 5.75 Å². The highest BCUT2D eigenvalue weighted by Gasteiger charge is 2.27. The summed E-state index contributed by atoms with van der Waals surface area (Å²) in [5.74, 6) is 0.0757. The minimum Gasteiger partial charge on any atom is -0.496 e. The van der Waals surface area contributed by atoms with Gasteiger partial charge in [0.05, 0.1) is 17.6 Å². The van der Waals surface area contributed by atoms with E-state index in [-0.39, 0.29) is 22.4 Å². The molecule has 0 spiro atoms. The van der Waals surface area contributed by atoms with Crippen LogP contribution in [0.3, 0.4) is 0 Å². The first-order valence-corrected chi connectivity index (χ1v) is 10.9. The van der Waals surface area contributed by atoms with E-state index in [2.05, 4.69) is 5.32 Å². The number of amides is 1. The van der Waals surface area contributed by atoms with E-state index < -0.39 is 10.0 Å². The fraction of sp³-hybridized carbons (Fsp3) is 0.632. The van der Waals surface area contributed by atoms with E-state index in [1.54, 1.807) is 6.07 Å². The van der Waals surface area contributed by atoms with Gasteiger partial charge in [0.2, 0.25) is 10.0 Å². The van der Waals surface area contributed by atoms with Crippen LogP contribution in [0.2, 0.25) is 0 Å². The zero-order valence-corrected chi connectivity index (χ0v) is 16.8. The molecule has 1 amide bonds. The van der Waals surface area contributed by atoms with Gasteiger partial charge in [-0.25, -0.2) is 8.42 Å². The molecule has 2 rings (SSSR count). The largest absolute Gasteiger partial charge is 0.496 e. The monoisotopic (exact) mass is 382 g/mol. The number of rotatable bonds is 7. The van der Waals surface area contributed by atoms with Crippen molar-refractivity contribution in [2.75, 3.05) is 20.2 Å². The van der Waals surface area contributed by atoms with E-state index in [9.17, 15) is 13.2 Å². The van der Waals surface area contributed by atoms with Gasteiger partial charge in [0, 0.05) is 19.1 Å². The standard InChI is InChI=1S/C19H30N2O4S/c1-4-15(5-2)20-19(22)17-14-16(10-11-18(17)25-3)26(23,24)21-12-8-6-7-9-13-21/h10-11,14-15H,4-9,12-13H2,1-3H3,(H,20,22). The van der Waals surface area contributed by atoms with Crippen LogP contribution in [0, 0.1) is 0 Å². The number of carbonyl (C=O) groups is 1. The van der Waals surface area contributed by atoms with Crippen molar-refractivity contribution in [3.05, 3.63) is 23.8 Å². The second-order valence-electron chi connectivity index (χ2n) is 6.67. The molecule has 0 unspecified atom stereocenters. The Morgan fingerprint density at radius 2 is 1.77 bits per heavy atom. The summed E-state index contributed by atoms with van der Waals surface area (Å²) < 4.78 is 32.8. The first-order valence-electron chi connectivity index (χ1n) is 9.43. The second kappa shape index (κ2) is 9.37. The number of hydrogen-bond acceptors (Lipinski definition) is 4. The summed E-state index contributed by atoms with van der Waals surface area (Å²) in [6.45, 7) is 5.07. The molecule has 1 saturated heterocycles. The Morgan fingerprint density at radius 1 is 1.15 bits per heavy atom. The Hall–Kier alpha value is -1.60. The molecule has 146 valence electrons. The second-order valence-corrected chi connectivity index (χ2v) is 8.61. The smallest absolute Gasteiger partial charge is 0.255 e. The molecule has 0 atom stereocenters. The van der Waals surface area contributed by atoms with Gasteiger partial charge in [0.15, 0.2) is 0 Å². The first-order chi connectivity index (χ1) is 12.4. The maximum Gasteiger partial charge on any atom is 0.255 e. The van der Waals surface area contributed by atoms with Crippen LogP contribution in [0.15, 0.2) is 23.1 Å². The van der Waals surface area contributed by atoms with Crippen LogP contribution in [-0.4, -0.2) is 44.9 Å². The third-order valence-electron chi connectivity index (χ3n) is 4.94. The van der Waals surface area contributed by atoms with Gasteiger partial charge in [0.1, 0.15) is 5.75 Å². The third kappa shape index (κ3) is 4.76. The highest BCUT2D eigenvalue weighted by atomic mass is 32.2. The molecule has 1 aliphatic heterocycles. The molecule has 0 saturated carbocycles. The SMILES string of the molecule is CCC(CC)NC(=O)c1cc(S(=O)(=O)N2CCCCCC2)ccc1OC.